The van der Waals surface area contributed by atoms with Crippen molar-refractivity contribution in [3.8, 4) is 0 Å². The van der Waals surface area contributed by atoms with Crippen molar-refractivity contribution in [1.29, 1.82) is 0 Å². The van der Waals surface area contributed by atoms with Crippen LogP contribution in [0.1, 0.15) is 31.9 Å². The molecule has 4 nitrogen and oxygen atoms in total. The van der Waals surface area contributed by atoms with E-state index in [2.05, 4.69) is 23.3 Å². The SMILES string of the molecule is CC1CC2(CCC1NCCc1ccccn1)OCCO2. The van der Waals surface area contributed by atoms with Gasteiger partial charge in [-0.15, -0.1) is 0 Å². The van der Waals surface area contributed by atoms with Crippen LogP contribution in [0.2, 0.25) is 0 Å². The van der Waals surface area contributed by atoms with E-state index >= 15 is 0 Å². The van der Waals surface area contributed by atoms with Gasteiger partial charge in [-0.3, -0.25) is 4.98 Å². The highest BCUT2D eigenvalue weighted by atomic mass is 16.7. The highest BCUT2D eigenvalue weighted by Crippen LogP contribution is 2.38. The third-order valence-electron chi connectivity index (χ3n) is 4.48. The van der Waals surface area contributed by atoms with Crippen molar-refractivity contribution in [2.75, 3.05) is 19.8 Å². The van der Waals surface area contributed by atoms with E-state index in [4.69, 9.17) is 9.47 Å². The van der Waals surface area contributed by atoms with Gasteiger partial charge < -0.3 is 14.8 Å². The second kappa shape index (κ2) is 6.20. The van der Waals surface area contributed by atoms with E-state index in [-0.39, 0.29) is 5.79 Å². The molecule has 1 aromatic rings. The number of nitrogens with zero attached hydrogens (tertiary/aromatic N) is 1. The summed E-state index contributed by atoms with van der Waals surface area (Å²) in [4.78, 5) is 4.36. The topological polar surface area (TPSA) is 43.4 Å². The van der Waals surface area contributed by atoms with E-state index < -0.39 is 0 Å². The molecular formula is C16H24N2O2. The molecule has 1 N–H and O–H groups in total. The molecule has 0 radical (unpaired) electrons. The monoisotopic (exact) mass is 276 g/mol. The lowest BCUT2D eigenvalue weighted by Gasteiger charge is -2.40. The Labute approximate surface area is 120 Å². The number of rotatable bonds is 4. The third-order valence-corrected chi connectivity index (χ3v) is 4.48. The Balaban J connectivity index is 1.45. The fourth-order valence-corrected chi connectivity index (χ4v) is 3.39. The zero-order chi connectivity index (χ0) is 13.8. The average molecular weight is 276 g/mol. The summed E-state index contributed by atoms with van der Waals surface area (Å²) in [6.07, 6.45) is 6.00. The number of hydrogen-bond acceptors (Lipinski definition) is 4. The van der Waals surface area contributed by atoms with Crippen LogP contribution >= 0.6 is 0 Å². The van der Waals surface area contributed by atoms with Crippen LogP contribution < -0.4 is 5.32 Å². The first-order chi connectivity index (χ1) is 9.77. The van der Waals surface area contributed by atoms with Crippen LogP contribution in [0, 0.1) is 5.92 Å². The molecule has 2 fully saturated rings. The molecule has 4 heteroatoms. The zero-order valence-corrected chi connectivity index (χ0v) is 12.2. The summed E-state index contributed by atoms with van der Waals surface area (Å²) in [5.74, 6) is 0.323. The highest BCUT2D eigenvalue weighted by molar-refractivity contribution is 5.03. The maximum Gasteiger partial charge on any atom is 0.168 e. The van der Waals surface area contributed by atoms with E-state index in [1.807, 2.05) is 18.3 Å². The van der Waals surface area contributed by atoms with Gasteiger partial charge in [0.05, 0.1) is 13.2 Å². The first kappa shape index (κ1) is 14.0. The normalized spacial score (nSPS) is 28.9. The van der Waals surface area contributed by atoms with Gasteiger partial charge in [0.15, 0.2) is 5.79 Å². The molecule has 1 aliphatic heterocycles. The van der Waals surface area contributed by atoms with Crippen LogP contribution in [0.4, 0.5) is 0 Å². The Kier molecular flexibility index (Phi) is 4.34. The average Bonchev–Trinajstić information content (AvgIpc) is 2.91. The summed E-state index contributed by atoms with van der Waals surface area (Å²) in [7, 11) is 0. The lowest BCUT2D eigenvalue weighted by atomic mass is 9.81. The van der Waals surface area contributed by atoms with Gasteiger partial charge in [0, 0.05) is 43.7 Å². The minimum Gasteiger partial charge on any atom is -0.348 e. The van der Waals surface area contributed by atoms with Crippen LogP contribution in [0.25, 0.3) is 0 Å². The summed E-state index contributed by atoms with van der Waals surface area (Å²) in [6.45, 7) is 4.79. The fraction of sp³-hybridized carbons (Fsp3) is 0.688. The fourth-order valence-electron chi connectivity index (χ4n) is 3.39. The summed E-state index contributed by atoms with van der Waals surface area (Å²) < 4.78 is 11.6. The molecule has 3 rings (SSSR count). The standard InChI is InChI=1S/C16H24N2O2/c1-13-12-16(19-10-11-20-16)7-5-15(13)18-9-6-14-4-2-3-8-17-14/h2-4,8,13,15,18H,5-7,9-12H2,1H3. The molecule has 110 valence electrons. The number of pyridine rings is 1. The molecular weight excluding hydrogens is 252 g/mol. The predicted molar refractivity (Wildman–Crippen MR) is 77.4 cm³/mol. The number of aromatic nitrogens is 1. The van der Waals surface area contributed by atoms with Crippen molar-refractivity contribution in [1.82, 2.24) is 10.3 Å². The molecule has 0 amide bonds. The summed E-state index contributed by atoms with van der Waals surface area (Å²) in [6, 6.07) is 6.66. The molecule has 1 aromatic heterocycles. The smallest absolute Gasteiger partial charge is 0.168 e. The number of hydrogen-bond donors (Lipinski definition) is 1. The Bertz CT molecular complexity index is 418. The Morgan fingerprint density at radius 3 is 2.90 bits per heavy atom. The molecule has 0 aromatic carbocycles. The third kappa shape index (κ3) is 3.19. The van der Waals surface area contributed by atoms with Gasteiger partial charge in [-0.05, 0) is 24.5 Å². The van der Waals surface area contributed by atoms with Crippen molar-refractivity contribution in [3.05, 3.63) is 30.1 Å². The second-order valence-corrected chi connectivity index (χ2v) is 5.96. The molecule has 20 heavy (non-hydrogen) atoms. The Morgan fingerprint density at radius 2 is 2.20 bits per heavy atom. The molecule has 1 saturated heterocycles. The number of ether oxygens (including phenoxy) is 2. The van der Waals surface area contributed by atoms with E-state index in [1.54, 1.807) is 0 Å². The molecule has 1 aliphatic carbocycles. The predicted octanol–water partition coefficient (Wildman–Crippen LogP) is 2.15. The van der Waals surface area contributed by atoms with Crippen LogP contribution in [0.5, 0.6) is 0 Å². The molecule has 1 spiro atoms. The minimum atomic E-state index is -0.265. The van der Waals surface area contributed by atoms with E-state index in [1.165, 1.54) is 0 Å². The van der Waals surface area contributed by atoms with Crippen molar-refractivity contribution in [3.63, 3.8) is 0 Å². The molecule has 2 atom stereocenters. The molecule has 2 heterocycles. The van der Waals surface area contributed by atoms with Crippen LogP contribution in [0.3, 0.4) is 0 Å². The van der Waals surface area contributed by atoms with Crippen LogP contribution in [0.15, 0.2) is 24.4 Å². The maximum absolute atomic E-state index is 5.81. The van der Waals surface area contributed by atoms with Gasteiger partial charge in [0.2, 0.25) is 0 Å². The van der Waals surface area contributed by atoms with Gasteiger partial charge >= 0.3 is 0 Å². The molecule has 2 aliphatic rings. The summed E-state index contributed by atoms with van der Waals surface area (Å²) in [5.41, 5.74) is 1.15. The Morgan fingerprint density at radius 1 is 1.35 bits per heavy atom. The largest absolute Gasteiger partial charge is 0.348 e. The van der Waals surface area contributed by atoms with Crippen LogP contribution in [-0.2, 0) is 15.9 Å². The quantitative estimate of drug-likeness (QED) is 0.915. The lowest BCUT2D eigenvalue weighted by Crippen LogP contribution is -2.47. The van der Waals surface area contributed by atoms with Crippen molar-refractivity contribution >= 4 is 0 Å². The lowest BCUT2D eigenvalue weighted by molar-refractivity contribution is -0.189. The number of nitrogens with one attached hydrogen (secondary N) is 1. The first-order valence-electron chi connectivity index (χ1n) is 7.69. The van der Waals surface area contributed by atoms with Gasteiger partial charge in [-0.25, -0.2) is 0 Å². The van der Waals surface area contributed by atoms with Crippen molar-refractivity contribution < 1.29 is 9.47 Å². The summed E-state index contributed by atoms with van der Waals surface area (Å²) >= 11 is 0. The van der Waals surface area contributed by atoms with E-state index in [0.717, 1.165) is 51.1 Å². The molecule has 0 bridgehead atoms. The van der Waals surface area contributed by atoms with E-state index in [0.29, 0.717) is 12.0 Å². The second-order valence-electron chi connectivity index (χ2n) is 5.96. The van der Waals surface area contributed by atoms with Gasteiger partial charge in [-0.2, -0.15) is 0 Å². The van der Waals surface area contributed by atoms with E-state index in [9.17, 15) is 0 Å². The van der Waals surface area contributed by atoms with Gasteiger partial charge in [0.1, 0.15) is 0 Å². The minimum absolute atomic E-state index is 0.265. The van der Waals surface area contributed by atoms with Gasteiger partial charge in [0.25, 0.3) is 0 Å². The highest BCUT2D eigenvalue weighted by Gasteiger charge is 2.43. The molecule has 2 unspecified atom stereocenters. The Hall–Kier alpha value is -0.970. The first-order valence-corrected chi connectivity index (χ1v) is 7.69. The van der Waals surface area contributed by atoms with Gasteiger partial charge in [-0.1, -0.05) is 13.0 Å². The zero-order valence-electron chi connectivity index (χ0n) is 12.2. The maximum atomic E-state index is 5.81. The van der Waals surface area contributed by atoms with Crippen LogP contribution in [-0.4, -0.2) is 36.6 Å². The van der Waals surface area contributed by atoms with Crippen molar-refractivity contribution in [2.45, 2.75) is 44.4 Å². The summed E-state index contributed by atoms with van der Waals surface area (Å²) in [5, 5.41) is 3.68. The van der Waals surface area contributed by atoms with Crippen molar-refractivity contribution in [2.24, 2.45) is 5.92 Å². The molecule has 1 saturated carbocycles.